The van der Waals surface area contributed by atoms with Crippen LogP contribution >= 0.6 is 12.4 Å². The third kappa shape index (κ3) is 5.05. The molecule has 1 fully saturated rings. The van der Waals surface area contributed by atoms with E-state index in [2.05, 4.69) is 51.9 Å². The molecule has 1 aliphatic rings. The average molecular weight is 378 g/mol. The lowest BCUT2D eigenvalue weighted by atomic mass is 9.98. The van der Waals surface area contributed by atoms with Crippen LogP contribution in [0.5, 0.6) is 0 Å². The maximum atomic E-state index is 12.5. The first kappa shape index (κ1) is 20.4. The number of carbonyl (C=O) groups excluding carboxylic acids is 1. The van der Waals surface area contributed by atoms with E-state index in [1.165, 1.54) is 11.1 Å². The quantitative estimate of drug-likeness (QED) is 0.840. The molecular formula is C19H28ClN5O. The number of nitrogens with zero attached hydrogens (tertiary/aromatic N) is 3. The fourth-order valence-electron chi connectivity index (χ4n) is 3.17. The van der Waals surface area contributed by atoms with Crippen LogP contribution in [0.2, 0.25) is 0 Å². The minimum atomic E-state index is -0.123. The molecule has 1 aromatic heterocycles. The molecule has 7 heteroatoms. The molecule has 1 aliphatic heterocycles. The number of anilines is 1. The smallest absolute Gasteiger partial charge is 0.229 e. The van der Waals surface area contributed by atoms with E-state index >= 15 is 0 Å². The van der Waals surface area contributed by atoms with Gasteiger partial charge in [0.15, 0.2) is 5.82 Å². The molecule has 26 heavy (non-hydrogen) atoms. The number of rotatable bonds is 5. The lowest BCUT2D eigenvalue weighted by Crippen LogP contribution is -2.27. The molecule has 3 rings (SSSR count). The zero-order valence-corrected chi connectivity index (χ0v) is 16.5. The summed E-state index contributed by atoms with van der Waals surface area (Å²) in [6, 6.07) is 8.31. The maximum absolute atomic E-state index is 12.5. The molecule has 142 valence electrons. The molecule has 2 N–H and O–H groups in total. The molecule has 0 saturated carbocycles. The second-order valence-corrected chi connectivity index (χ2v) is 7.02. The number of nitrogens with one attached hydrogen (secondary N) is 2. The molecule has 1 aromatic carbocycles. The average Bonchev–Trinajstić information content (AvgIpc) is 2.98. The number of hydrogen-bond donors (Lipinski definition) is 2. The van der Waals surface area contributed by atoms with Crippen molar-refractivity contribution in [3.63, 3.8) is 0 Å². The highest BCUT2D eigenvalue weighted by Crippen LogP contribution is 2.23. The van der Waals surface area contributed by atoms with Gasteiger partial charge in [-0.25, -0.2) is 4.68 Å². The number of amides is 1. The molecule has 1 amide bonds. The Kier molecular flexibility index (Phi) is 7.17. The van der Waals surface area contributed by atoms with Crippen LogP contribution in [0.25, 0.3) is 0 Å². The minimum absolute atomic E-state index is 0. The van der Waals surface area contributed by atoms with E-state index in [0.29, 0.717) is 18.3 Å². The van der Waals surface area contributed by atoms with Crippen LogP contribution < -0.4 is 10.6 Å². The summed E-state index contributed by atoms with van der Waals surface area (Å²) < 4.78 is 1.67. The first-order valence-corrected chi connectivity index (χ1v) is 9.01. The van der Waals surface area contributed by atoms with Gasteiger partial charge in [0.2, 0.25) is 11.9 Å². The van der Waals surface area contributed by atoms with Crippen molar-refractivity contribution in [1.82, 2.24) is 20.1 Å². The predicted octanol–water partition coefficient (Wildman–Crippen LogP) is 2.83. The number of aromatic nitrogens is 3. The number of hydrogen-bond acceptors (Lipinski definition) is 4. The second-order valence-electron chi connectivity index (χ2n) is 7.02. The minimum Gasteiger partial charge on any atom is -0.317 e. The Labute approximate surface area is 161 Å². The van der Waals surface area contributed by atoms with E-state index in [9.17, 15) is 4.79 Å². The highest BCUT2D eigenvalue weighted by molar-refractivity contribution is 5.90. The molecular weight excluding hydrogens is 350 g/mol. The molecule has 2 aromatic rings. The topological polar surface area (TPSA) is 71.8 Å². The first-order chi connectivity index (χ1) is 12.0. The summed E-state index contributed by atoms with van der Waals surface area (Å²) in [5.74, 6) is 1.61. The van der Waals surface area contributed by atoms with Crippen molar-refractivity contribution in [1.29, 1.82) is 0 Å². The Balaban J connectivity index is 0.00000243. The van der Waals surface area contributed by atoms with E-state index in [0.717, 1.165) is 31.8 Å². The SMILES string of the molecule is Cc1ccc(CC(C)C(=O)Nc2nc(C3CCNCC3)nn2C)cc1.Cl. The van der Waals surface area contributed by atoms with E-state index in [1.54, 1.807) is 4.68 Å². The molecule has 0 aliphatic carbocycles. The molecule has 6 nitrogen and oxygen atoms in total. The van der Waals surface area contributed by atoms with Crippen LogP contribution in [0.15, 0.2) is 24.3 Å². The molecule has 0 spiro atoms. The third-order valence-corrected chi connectivity index (χ3v) is 4.83. The van der Waals surface area contributed by atoms with Gasteiger partial charge in [0.1, 0.15) is 0 Å². The van der Waals surface area contributed by atoms with E-state index in [-0.39, 0.29) is 24.2 Å². The third-order valence-electron chi connectivity index (χ3n) is 4.83. The van der Waals surface area contributed by atoms with Crippen molar-refractivity contribution in [3.8, 4) is 0 Å². The lowest BCUT2D eigenvalue weighted by Gasteiger charge is -2.19. The Hall–Kier alpha value is -1.92. The van der Waals surface area contributed by atoms with Gasteiger partial charge in [-0.15, -0.1) is 12.4 Å². The van der Waals surface area contributed by atoms with Gasteiger partial charge in [-0.2, -0.15) is 10.1 Å². The number of aryl methyl sites for hydroxylation is 2. The van der Waals surface area contributed by atoms with Crippen LogP contribution in [0.3, 0.4) is 0 Å². The number of piperidine rings is 1. The predicted molar refractivity (Wildman–Crippen MR) is 106 cm³/mol. The monoisotopic (exact) mass is 377 g/mol. The van der Waals surface area contributed by atoms with E-state index in [4.69, 9.17) is 0 Å². The Morgan fingerprint density at radius 2 is 1.96 bits per heavy atom. The summed E-state index contributed by atoms with van der Waals surface area (Å²) in [5.41, 5.74) is 2.40. The lowest BCUT2D eigenvalue weighted by molar-refractivity contribution is -0.119. The van der Waals surface area contributed by atoms with Gasteiger partial charge in [0, 0.05) is 18.9 Å². The van der Waals surface area contributed by atoms with Gasteiger partial charge in [-0.05, 0) is 44.8 Å². The van der Waals surface area contributed by atoms with Crippen LogP contribution in [0.4, 0.5) is 5.95 Å². The Morgan fingerprint density at radius 3 is 2.62 bits per heavy atom. The Bertz CT molecular complexity index is 722. The number of halogens is 1. The van der Waals surface area contributed by atoms with E-state index < -0.39 is 0 Å². The van der Waals surface area contributed by atoms with Crippen molar-refractivity contribution in [2.75, 3.05) is 18.4 Å². The highest BCUT2D eigenvalue weighted by Gasteiger charge is 2.22. The molecule has 2 heterocycles. The van der Waals surface area contributed by atoms with Crippen LogP contribution in [-0.2, 0) is 18.3 Å². The van der Waals surface area contributed by atoms with Crippen molar-refractivity contribution in [2.45, 2.75) is 39.0 Å². The maximum Gasteiger partial charge on any atom is 0.229 e. The molecule has 1 saturated heterocycles. The van der Waals surface area contributed by atoms with Gasteiger partial charge in [-0.1, -0.05) is 36.8 Å². The zero-order valence-electron chi connectivity index (χ0n) is 15.7. The number of benzene rings is 1. The molecule has 1 unspecified atom stereocenters. The fraction of sp³-hybridized carbons (Fsp3) is 0.526. The largest absolute Gasteiger partial charge is 0.317 e. The van der Waals surface area contributed by atoms with Crippen LogP contribution in [0, 0.1) is 12.8 Å². The normalized spacial score (nSPS) is 16.0. The van der Waals surface area contributed by atoms with Gasteiger partial charge >= 0.3 is 0 Å². The standard InChI is InChI=1S/C19H27N5O.ClH/c1-13-4-6-15(7-5-13)12-14(2)18(25)22-19-21-17(23-24(19)3)16-8-10-20-11-9-16;/h4-7,14,16,20H,8-12H2,1-3H3,(H,21,22,23,25);1H. The van der Waals surface area contributed by atoms with E-state index in [1.807, 2.05) is 14.0 Å². The van der Waals surface area contributed by atoms with Gasteiger partial charge in [0.25, 0.3) is 0 Å². The second kappa shape index (κ2) is 9.14. The summed E-state index contributed by atoms with van der Waals surface area (Å²) >= 11 is 0. The van der Waals surface area contributed by atoms with Gasteiger partial charge < -0.3 is 5.32 Å². The molecule has 0 radical (unpaired) electrons. The fourth-order valence-corrected chi connectivity index (χ4v) is 3.17. The summed E-state index contributed by atoms with van der Waals surface area (Å²) in [4.78, 5) is 17.1. The highest BCUT2D eigenvalue weighted by atomic mass is 35.5. The number of carbonyl (C=O) groups is 1. The summed E-state index contributed by atoms with van der Waals surface area (Å²) in [6.07, 6.45) is 2.80. The summed E-state index contributed by atoms with van der Waals surface area (Å²) in [6.45, 7) is 6.00. The molecule has 1 atom stereocenters. The summed E-state index contributed by atoms with van der Waals surface area (Å²) in [7, 11) is 1.83. The van der Waals surface area contributed by atoms with Gasteiger partial charge in [0.05, 0.1) is 0 Å². The van der Waals surface area contributed by atoms with Crippen molar-refractivity contribution < 1.29 is 4.79 Å². The van der Waals surface area contributed by atoms with Crippen LogP contribution in [0.1, 0.15) is 42.6 Å². The van der Waals surface area contributed by atoms with Crippen molar-refractivity contribution in [2.24, 2.45) is 13.0 Å². The summed E-state index contributed by atoms with van der Waals surface area (Å²) in [5, 5.41) is 10.8. The van der Waals surface area contributed by atoms with Crippen molar-refractivity contribution in [3.05, 3.63) is 41.2 Å². The van der Waals surface area contributed by atoms with Gasteiger partial charge in [-0.3, -0.25) is 10.1 Å². The zero-order chi connectivity index (χ0) is 17.8. The molecule has 0 bridgehead atoms. The first-order valence-electron chi connectivity index (χ1n) is 9.01. The Morgan fingerprint density at radius 1 is 1.31 bits per heavy atom. The van der Waals surface area contributed by atoms with Crippen LogP contribution in [-0.4, -0.2) is 33.8 Å². The van der Waals surface area contributed by atoms with Crippen molar-refractivity contribution >= 4 is 24.3 Å².